The summed E-state index contributed by atoms with van der Waals surface area (Å²) in [4.78, 5) is 44.1. The Labute approximate surface area is 173 Å². The first kappa shape index (κ1) is 20.8. The topological polar surface area (TPSA) is 91.8 Å². The van der Waals surface area contributed by atoms with Gasteiger partial charge in [0.05, 0.1) is 12.3 Å². The van der Waals surface area contributed by atoms with Crippen molar-refractivity contribution in [2.75, 3.05) is 38.1 Å². The number of carbonyl (C=O) groups is 3. The van der Waals surface area contributed by atoms with E-state index in [-0.39, 0.29) is 17.9 Å². The van der Waals surface area contributed by atoms with Crippen LogP contribution in [0.2, 0.25) is 0 Å². The number of anilines is 1. The molecule has 0 unspecified atom stereocenters. The van der Waals surface area contributed by atoms with Crippen molar-refractivity contribution in [3.05, 3.63) is 47.0 Å². The Kier molecular flexibility index (Phi) is 7.18. The fourth-order valence-corrected chi connectivity index (χ4v) is 3.72. The first-order valence-corrected chi connectivity index (χ1v) is 10.4. The van der Waals surface area contributed by atoms with Crippen molar-refractivity contribution in [1.29, 1.82) is 0 Å². The number of amides is 3. The van der Waals surface area contributed by atoms with Gasteiger partial charge in [-0.25, -0.2) is 9.78 Å². The summed E-state index contributed by atoms with van der Waals surface area (Å²) < 4.78 is 4.99. The average Bonchev–Trinajstić information content (AvgIpc) is 3.20. The fourth-order valence-electron chi connectivity index (χ4n) is 2.98. The number of ether oxygens (including phenoxy) is 1. The van der Waals surface area contributed by atoms with E-state index in [0.717, 1.165) is 5.69 Å². The van der Waals surface area contributed by atoms with Crippen LogP contribution >= 0.6 is 11.3 Å². The van der Waals surface area contributed by atoms with Crippen LogP contribution in [0.5, 0.6) is 0 Å². The molecule has 1 saturated heterocycles. The third kappa shape index (κ3) is 5.77. The molecule has 0 aliphatic carbocycles. The zero-order valence-electron chi connectivity index (χ0n) is 16.3. The first-order valence-electron chi connectivity index (χ1n) is 9.57. The van der Waals surface area contributed by atoms with Gasteiger partial charge in [0.1, 0.15) is 0 Å². The number of carbonyl (C=O) groups excluding carboxylic acids is 3. The Morgan fingerprint density at radius 1 is 1.10 bits per heavy atom. The van der Waals surface area contributed by atoms with Gasteiger partial charge in [-0.2, -0.15) is 0 Å². The Bertz CT molecular complexity index is 847. The molecule has 8 nitrogen and oxygen atoms in total. The van der Waals surface area contributed by atoms with Crippen LogP contribution < -0.4 is 5.32 Å². The van der Waals surface area contributed by atoms with Gasteiger partial charge >= 0.3 is 6.09 Å². The van der Waals surface area contributed by atoms with Gasteiger partial charge in [-0.1, -0.05) is 18.2 Å². The average molecular weight is 417 g/mol. The van der Waals surface area contributed by atoms with Crippen molar-refractivity contribution in [2.24, 2.45) is 0 Å². The molecular formula is C20H24N4O4S. The number of rotatable bonds is 6. The molecule has 1 N–H and O–H groups in total. The second-order valence-electron chi connectivity index (χ2n) is 6.53. The number of hydrogen-bond acceptors (Lipinski definition) is 6. The molecule has 0 saturated carbocycles. The van der Waals surface area contributed by atoms with E-state index in [1.807, 2.05) is 11.4 Å². The van der Waals surface area contributed by atoms with Gasteiger partial charge < -0.3 is 14.5 Å². The lowest BCUT2D eigenvalue weighted by molar-refractivity contribution is -0.132. The maximum Gasteiger partial charge on any atom is 0.409 e. The van der Waals surface area contributed by atoms with Crippen molar-refractivity contribution >= 4 is 34.4 Å². The summed E-state index contributed by atoms with van der Waals surface area (Å²) in [5, 5.41) is 5.15. The summed E-state index contributed by atoms with van der Waals surface area (Å²) in [7, 11) is 0. The monoisotopic (exact) mass is 416 g/mol. The molecule has 1 aromatic carbocycles. The van der Waals surface area contributed by atoms with Crippen LogP contribution in [0, 0.1) is 0 Å². The Morgan fingerprint density at radius 2 is 1.79 bits per heavy atom. The fraction of sp³-hybridized carbons (Fsp3) is 0.400. The third-order valence-electron chi connectivity index (χ3n) is 4.56. The number of piperazine rings is 1. The molecule has 0 atom stereocenters. The van der Waals surface area contributed by atoms with E-state index in [2.05, 4.69) is 10.3 Å². The Morgan fingerprint density at radius 3 is 2.48 bits per heavy atom. The van der Waals surface area contributed by atoms with Crippen molar-refractivity contribution in [3.63, 3.8) is 0 Å². The van der Waals surface area contributed by atoms with Gasteiger partial charge in [0, 0.05) is 43.5 Å². The molecule has 1 aliphatic rings. The number of nitrogens with one attached hydrogen (secondary N) is 1. The summed E-state index contributed by atoms with van der Waals surface area (Å²) in [6.07, 6.45) is 0.524. The largest absolute Gasteiger partial charge is 0.450 e. The first-order chi connectivity index (χ1) is 14.1. The molecule has 0 spiro atoms. The highest BCUT2D eigenvalue weighted by Gasteiger charge is 2.24. The van der Waals surface area contributed by atoms with Gasteiger partial charge in [-0.3, -0.25) is 14.9 Å². The quantitative estimate of drug-likeness (QED) is 0.782. The minimum atomic E-state index is -0.327. The predicted molar refractivity (Wildman–Crippen MR) is 110 cm³/mol. The van der Waals surface area contributed by atoms with E-state index in [9.17, 15) is 14.4 Å². The molecule has 154 valence electrons. The maximum absolute atomic E-state index is 12.4. The number of nitrogens with zero attached hydrogens (tertiary/aromatic N) is 3. The second-order valence-corrected chi connectivity index (χ2v) is 7.39. The van der Waals surface area contributed by atoms with Crippen LogP contribution in [-0.4, -0.2) is 65.5 Å². The molecule has 2 heterocycles. The summed E-state index contributed by atoms with van der Waals surface area (Å²) in [6, 6.07) is 8.95. The minimum absolute atomic E-state index is 0.0383. The number of aryl methyl sites for hydroxylation is 1. The van der Waals surface area contributed by atoms with Gasteiger partial charge in [0.2, 0.25) is 5.91 Å². The van der Waals surface area contributed by atoms with E-state index in [1.54, 1.807) is 41.0 Å². The van der Waals surface area contributed by atoms with Crippen molar-refractivity contribution in [3.8, 4) is 0 Å². The van der Waals surface area contributed by atoms with Crippen molar-refractivity contribution in [1.82, 2.24) is 14.8 Å². The number of aromatic nitrogens is 1. The van der Waals surface area contributed by atoms with Crippen LogP contribution in [0.15, 0.2) is 35.7 Å². The van der Waals surface area contributed by atoms with E-state index < -0.39 is 0 Å². The lowest BCUT2D eigenvalue weighted by Gasteiger charge is -2.34. The molecule has 1 fully saturated rings. The van der Waals surface area contributed by atoms with Gasteiger partial charge in [0.15, 0.2) is 5.13 Å². The number of thiazole rings is 1. The molecule has 9 heteroatoms. The van der Waals surface area contributed by atoms with Crippen LogP contribution in [0.25, 0.3) is 0 Å². The van der Waals surface area contributed by atoms with E-state index in [1.165, 1.54) is 11.3 Å². The van der Waals surface area contributed by atoms with Crippen LogP contribution in [0.4, 0.5) is 9.93 Å². The van der Waals surface area contributed by atoms with Gasteiger partial charge in [-0.05, 0) is 25.5 Å². The molecule has 0 bridgehead atoms. The molecule has 3 amide bonds. The SMILES string of the molecule is CCOC(=O)N1CCN(C(=O)CCc2csc(NC(=O)c3ccccc3)n2)CC1. The normalized spacial score (nSPS) is 13.8. The lowest BCUT2D eigenvalue weighted by atomic mass is 10.2. The zero-order chi connectivity index (χ0) is 20.6. The maximum atomic E-state index is 12.4. The van der Waals surface area contributed by atoms with Crippen LogP contribution in [0.1, 0.15) is 29.4 Å². The summed E-state index contributed by atoms with van der Waals surface area (Å²) in [5.74, 6) is -0.168. The number of benzene rings is 1. The van der Waals surface area contributed by atoms with Crippen LogP contribution in [-0.2, 0) is 16.0 Å². The molecule has 3 rings (SSSR count). The standard InChI is InChI=1S/C20H24N4O4S/c1-2-28-20(27)24-12-10-23(11-13-24)17(25)9-8-16-14-29-19(21-16)22-18(26)15-6-4-3-5-7-15/h3-7,14H,2,8-13H2,1H3,(H,21,22,26). The molecule has 0 radical (unpaired) electrons. The molecule has 1 aliphatic heterocycles. The van der Waals surface area contributed by atoms with Gasteiger partial charge in [-0.15, -0.1) is 11.3 Å². The summed E-state index contributed by atoms with van der Waals surface area (Å²) >= 11 is 1.34. The zero-order valence-corrected chi connectivity index (χ0v) is 17.1. The Hall–Kier alpha value is -2.94. The van der Waals surface area contributed by atoms with Crippen molar-refractivity contribution in [2.45, 2.75) is 19.8 Å². The van der Waals surface area contributed by atoms with Gasteiger partial charge in [0.25, 0.3) is 5.91 Å². The highest BCUT2D eigenvalue weighted by molar-refractivity contribution is 7.14. The molecular weight excluding hydrogens is 392 g/mol. The highest BCUT2D eigenvalue weighted by atomic mass is 32.1. The summed E-state index contributed by atoms with van der Waals surface area (Å²) in [6.45, 7) is 4.10. The minimum Gasteiger partial charge on any atom is -0.450 e. The predicted octanol–water partition coefficient (Wildman–Crippen LogP) is 2.63. The van der Waals surface area contributed by atoms with E-state index >= 15 is 0 Å². The molecule has 1 aromatic heterocycles. The smallest absolute Gasteiger partial charge is 0.409 e. The third-order valence-corrected chi connectivity index (χ3v) is 5.37. The van der Waals surface area contributed by atoms with E-state index in [0.29, 0.717) is 56.3 Å². The summed E-state index contributed by atoms with van der Waals surface area (Å²) in [5.41, 5.74) is 1.35. The lowest BCUT2D eigenvalue weighted by Crippen LogP contribution is -2.50. The second kappa shape index (κ2) is 10.0. The number of hydrogen-bond donors (Lipinski definition) is 1. The Balaban J connectivity index is 1.43. The highest BCUT2D eigenvalue weighted by Crippen LogP contribution is 2.18. The van der Waals surface area contributed by atoms with Crippen LogP contribution in [0.3, 0.4) is 0 Å². The molecule has 29 heavy (non-hydrogen) atoms. The van der Waals surface area contributed by atoms with E-state index in [4.69, 9.17) is 4.74 Å². The van der Waals surface area contributed by atoms with Crippen molar-refractivity contribution < 1.29 is 19.1 Å². The molecule has 2 aromatic rings.